The van der Waals surface area contributed by atoms with Gasteiger partial charge < -0.3 is 10.2 Å². The third-order valence-electron chi connectivity index (χ3n) is 4.66. The quantitative estimate of drug-likeness (QED) is 0.754. The molecule has 0 aliphatic carbocycles. The van der Waals surface area contributed by atoms with Crippen LogP contribution in [0.4, 0.5) is 0 Å². The van der Waals surface area contributed by atoms with Crippen LogP contribution in [0.15, 0.2) is 12.4 Å². The van der Waals surface area contributed by atoms with Gasteiger partial charge in [-0.25, -0.2) is 0 Å². The van der Waals surface area contributed by atoms with Crippen molar-refractivity contribution in [2.24, 2.45) is 0 Å². The van der Waals surface area contributed by atoms with Gasteiger partial charge in [-0.15, -0.1) is 0 Å². The summed E-state index contributed by atoms with van der Waals surface area (Å²) in [5, 5.41) is 8.11. The lowest BCUT2D eigenvalue weighted by atomic mass is 9.80. The second-order valence-electron chi connectivity index (χ2n) is 5.72. The minimum atomic E-state index is 0.199. The van der Waals surface area contributed by atoms with Crippen LogP contribution in [0, 0.1) is 0 Å². The minimum absolute atomic E-state index is 0.199. The van der Waals surface area contributed by atoms with Gasteiger partial charge in [0.15, 0.2) is 0 Å². The molecule has 1 atom stereocenters. The molecule has 1 aromatic heterocycles. The molecule has 0 aliphatic rings. The van der Waals surface area contributed by atoms with E-state index in [2.05, 4.69) is 63.3 Å². The predicted octanol–water partition coefficient (Wildman–Crippen LogP) is 2.54. The first kappa shape index (κ1) is 17.2. The molecule has 0 saturated carbocycles. The number of rotatable bonds is 9. The predicted molar refractivity (Wildman–Crippen MR) is 86.1 cm³/mol. The molecule has 4 heteroatoms. The van der Waals surface area contributed by atoms with Gasteiger partial charge in [0.1, 0.15) is 0 Å². The van der Waals surface area contributed by atoms with Crippen molar-refractivity contribution >= 4 is 0 Å². The molecule has 0 spiro atoms. The Morgan fingerprint density at radius 1 is 1.25 bits per heavy atom. The van der Waals surface area contributed by atoms with Crippen molar-refractivity contribution in [1.29, 1.82) is 0 Å². The standard InChI is InChI=1S/C16H32N4/c1-7-16(8-2,19(5)6)15(17-9-3)11-14-12-18-20(10-4)13-14/h12-13,15,17H,7-11H2,1-6H3. The van der Waals surface area contributed by atoms with Gasteiger partial charge in [-0.2, -0.15) is 5.10 Å². The van der Waals surface area contributed by atoms with E-state index in [4.69, 9.17) is 0 Å². The molecule has 116 valence electrons. The molecule has 0 fully saturated rings. The molecular weight excluding hydrogens is 248 g/mol. The van der Waals surface area contributed by atoms with Gasteiger partial charge in [-0.3, -0.25) is 4.68 Å². The molecule has 0 aromatic carbocycles. The van der Waals surface area contributed by atoms with Crippen LogP contribution >= 0.6 is 0 Å². The molecule has 20 heavy (non-hydrogen) atoms. The van der Waals surface area contributed by atoms with Gasteiger partial charge >= 0.3 is 0 Å². The number of nitrogens with one attached hydrogen (secondary N) is 1. The molecule has 1 heterocycles. The Morgan fingerprint density at radius 2 is 1.90 bits per heavy atom. The van der Waals surface area contributed by atoms with Crippen molar-refractivity contribution in [3.05, 3.63) is 18.0 Å². The van der Waals surface area contributed by atoms with E-state index < -0.39 is 0 Å². The number of aromatic nitrogens is 2. The zero-order chi connectivity index (χ0) is 15.2. The molecule has 0 aliphatic heterocycles. The summed E-state index contributed by atoms with van der Waals surface area (Å²) in [6, 6.07) is 0.451. The lowest BCUT2D eigenvalue weighted by molar-refractivity contribution is 0.0889. The molecule has 0 saturated heterocycles. The van der Waals surface area contributed by atoms with E-state index >= 15 is 0 Å². The molecule has 1 aromatic rings. The summed E-state index contributed by atoms with van der Waals surface area (Å²) in [5.41, 5.74) is 1.52. The van der Waals surface area contributed by atoms with E-state index in [1.807, 2.05) is 10.9 Å². The molecule has 0 radical (unpaired) electrons. The average Bonchev–Trinajstić information content (AvgIpc) is 2.88. The van der Waals surface area contributed by atoms with Crippen LogP contribution in [-0.2, 0) is 13.0 Å². The highest BCUT2D eigenvalue weighted by molar-refractivity contribution is 5.11. The summed E-state index contributed by atoms with van der Waals surface area (Å²) in [6.45, 7) is 10.8. The molecule has 4 nitrogen and oxygen atoms in total. The number of likely N-dealkylation sites (N-methyl/N-ethyl adjacent to an activating group) is 2. The SMILES string of the molecule is CCNC(Cc1cnn(CC)c1)C(CC)(CC)N(C)C. The third kappa shape index (κ3) is 3.61. The maximum Gasteiger partial charge on any atom is 0.0522 e. The Balaban J connectivity index is 2.96. The van der Waals surface area contributed by atoms with Crippen LogP contribution in [-0.4, -0.2) is 46.9 Å². The summed E-state index contributed by atoms with van der Waals surface area (Å²) in [7, 11) is 4.40. The van der Waals surface area contributed by atoms with Gasteiger partial charge in [0.05, 0.1) is 6.20 Å². The highest BCUT2D eigenvalue weighted by Gasteiger charge is 2.37. The molecule has 1 rings (SSSR count). The monoisotopic (exact) mass is 280 g/mol. The summed E-state index contributed by atoms with van der Waals surface area (Å²) in [6.07, 6.45) is 7.52. The van der Waals surface area contributed by atoms with E-state index in [0.29, 0.717) is 6.04 Å². The normalized spacial score (nSPS) is 13.9. The van der Waals surface area contributed by atoms with Crippen molar-refractivity contribution in [2.45, 2.75) is 65.1 Å². The van der Waals surface area contributed by atoms with E-state index in [-0.39, 0.29) is 5.54 Å². The molecule has 0 bridgehead atoms. The molecule has 0 amide bonds. The van der Waals surface area contributed by atoms with E-state index in [1.165, 1.54) is 5.56 Å². The number of nitrogens with zero attached hydrogens (tertiary/aromatic N) is 3. The highest BCUT2D eigenvalue weighted by atomic mass is 15.3. The summed E-state index contributed by atoms with van der Waals surface area (Å²) in [5.74, 6) is 0. The van der Waals surface area contributed by atoms with Crippen molar-refractivity contribution in [3.63, 3.8) is 0 Å². The van der Waals surface area contributed by atoms with Crippen LogP contribution in [0.1, 0.15) is 46.1 Å². The van der Waals surface area contributed by atoms with Crippen molar-refractivity contribution in [2.75, 3.05) is 20.6 Å². The largest absolute Gasteiger partial charge is 0.312 e. The van der Waals surface area contributed by atoms with Crippen LogP contribution in [0.5, 0.6) is 0 Å². The topological polar surface area (TPSA) is 33.1 Å². The molecule has 1 N–H and O–H groups in total. The summed E-state index contributed by atoms with van der Waals surface area (Å²) in [4.78, 5) is 2.39. The Morgan fingerprint density at radius 3 is 2.30 bits per heavy atom. The minimum Gasteiger partial charge on any atom is -0.312 e. The fraction of sp³-hybridized carbons (Fsp3) is 0.812. The maximum atomic E-state index is 4.40. The van der Waals surface area contributed by atoms with Gasteiger partial charge in [0, 0.05) is 24.3 Å². The van der Waals surface area contributed by atoms with Crippen LogP contribution in [0.2, 0.25) is 0 Å². The third-order valence-corrected chi connectivity index (χ3v) is 4.66. The fourth-order valence-corrected chi connectivity index (χ4v) is 3.31. The highest BCUT2D eigenvalue weighted by Crippen LogP contribution is 2.28. The van der Waals surface area contributed by atoms with Crippen LogP contribution in [0.25, 0.3) is 0 Å². The van der Waals surface area contributed by atoms with Crippen molar-refractivity contribution < 1.29 is 0 Å². The zero-order valence-corrected chi connectivity index (χ0v) is 14.1. The summed E-state index contributed by atoms with van der Waals surface area (Å²) >= 11 is 0. The van der Waals surface area contributed by atoms with E-state index in [0.717, 1.165) is 32.4 Å². The zero-order valence-electron chi connectivity index (χ0n) is 14.1. The van der Waals surface area contributed by atoms with Gasteiger partial charge in [0.2, 0.25) is 0 Å². The van der Waals surface area contributed by atoms with Gasteiger partial charge in [0.25, 0.3) is 0 Å². The van der Waals surface area contributed by atoms with Crippen LogP contribution < -0.4 is 5.32 Å². The smallest absolute Gasteiger partial charge is 0.0522 e. The first-order chi connectivity index (χ1) is 9.53. The fourth-order valence-electron chi connectivity index (χ4n) is 3.31. The van der Waals surface area contributed by atoms with Gasteiger partial charge in [-0.05, 0) is 52.4 Å². The second kappa shape index (κ2) is 7.79. The lowest BCUT2D eigenvalue weighted by Crippen LogP contribution is -2.59. The first-order valence-electron chi connectivity index (χ1n) is 7.96. The Kier molecular flexibility index (Phi) is 6.69. The Bertz CT molecular complexity index is 380. The average molecular weight is 280 g/mol. The second-order valence-corrected chi connectivity index (χ2v) is 5.72. The number of aryl methyl sites for hydroxylation is 1. The van der Waals surface area contributed by atoms with E-state index in [1.54, 1.807) is 0 Å². The van der Waals surface area contributed by atoms with Gasteiger partial charge in [-0.1, -0.05) is 20.8 Å². The van der Waals surface area contributed by atoms with Crippen molar-refractivity contribution in [1.82, 2.24) is 20.0 Å². The van der Waals surface area contributed by atoms with Crippen molar-refractivity contribution in [3.8, 4) is 0 Å². The number of hydrogen-bond donors (Lipinski definition) is 1. The number of hydrogen-bond acceptors (Lipinski definition) is 3. The summed E-state index contributed by atoms with van der Waals surface area (Å²) < 4.78 is 2.01. The lowest BCUT2D eigenvalue weighted by Gasteiger charge is -2.45. The Hall–Kier alpha value is -0.870. The Labute approximate surface area is 124 Å². The molecule has 1 unspecified atom stereocenters. The van der Waals surface area contributed by atoms with Crippen LogP contribution in [0.3, 0.4) is 0 Å². The van der Waals surface area contributed by atoms with E-state index in [9.17, 15) is 0 Å². The maximum absolute atomic E-state index is 4.40. The molecular formula is C16H32N4. The first-order valence-corrected chi connectivity index (χ1v) is 7.96.